The molecule has 2 aromatic rings. The molecule has 0 saturated heterocycles. The Hall–Kier alpha value is -1.83. The lowest BCUT2D eigenvalue weighted by Crippen LogP contribution is -2.11. The highest BCUT2D eigenvalue weighted by Crippen LogP contribution is 2.39. The van der Waals surface area contributed by atoms with E-state index >= 15 is 0 Å². The minimum atomic E-state index is -4.83. The Morgan fingerprint density at radius 3 is 2.00 bits per heavy atom. The van der Waals surface area contributed by atoms with Gasteiger partial charge in [-0.15, -0.1) is 0 Å². The Kier molecular flexibility index (Phi) is 6.21. The van der Waals surface area contributed by atoms with Gasteiger partial charge in [0.15, 0.2) is 5.69 Å². The molecule has 1 aromatic heterocycles. The van der Waals surface area contributed by atoms with Gasteiger partial charge in [-0.1, -0.05) is 31.5 Å². The standard InChI is InChI=1S/C13H7ClF6N2.C2H6/c1-6-2-3-7(12(15,16)17)4-8(6)10-9(14)11(13(18,19)20)22-5-21-10;1-2/h2-5H,1H3;1-2H3. The maximum Gasteiger partial charge on any atom is 0.434 e. The predicted octanol–water partition coefficient (Wildman–Crippen LogP) is 6.17. The summed E-state index contributed by atoms with van der Waals surface area (Å²) >= 11 is 5.64. The number of hydrogen-bond donors (Lipinski definition) is 0. The normalized spacial score (nSPS) is 11.8. The quantitative estimate of drug-likeness (QED) is 0.561. The monoisotopic (exact) mass is 370 g/mol. The number of benzene rings is 1. The van der Waals surface area contributed by atoms with E-state index in [2.05, 4.69) is 9.97 Å². The Morgan fingerprint density at radius 2 is 1.50 bits per heavy atom. The van der Waals surface area contributed by atoms with Gasteiger partial charge in [-0.3, -0.25) is 0 Å². The van der Waals surface area contributed by atoms with Gasteiger partial charge >= 0.3 is 12.4 Å². The van der Waals surface area contributed by atoms with E-state index in [-0.39, 0.29) is 5.56 Å². The minimum absolute atomic E-state index is 0.132. The average molecular weight is 371 g/mol. The van der Waals surface area contributed by atoms with E-state index in [9.17, 15) is 26.3 Å². The molecule has 0 radical (unpaired) electrons. The number of alkyl halides is 6. The van der Waals surface area contributed by atoms with Gasteiger partial charge in [0.1, 0.15) is 6.33 Å². The molecule has 0 atom stereocenters. The highest BCUT2D eigenvalue weighted by atomic mass is 35.5. The summed E-state index contributed by atoms with van der Waals surface area (Å²) in [6.07, 6.45) is -8.84. The molecule has 0 amide bonds. The second-order valence-corrected chi connectivity index (χ2v) is 4.79. The van der Waals surface area contributed by atoms with E-state index in [4.69, 9.17) is 11.6 Å². The van der Waals surface area contributed by atoms with Crippen molar-refractivity contribution in [2.24, 2.45) is 0 Å². The van der Waals surface area contributed by atoms with Crippen LogP contribution in [0.2, 0.25) is 5.02 Å². The van der Waals surface area contributed by atoms with E-state index in [0.717, 1.165) is 12.1 Å². The lowest BCUT2D eigenvalue weighted by atomic mass is 10.0. The van der Waals surface area contributed by atoms with Crippen LogP contribution in [0.25, 0.3) is 11.3 Å². The lowest BCUT2D eigenvalue weighted by molar-refractivity contribution is -0.141. The lowest BCUT2D eigenvalue weighted by Gasteiger charge is -2.14. The largest absolute Gasteiger partial charge is 0.434 e. The average Bonchev–Trinajstić information content (AvgIpc) is 2.48. The maximum absolute atomic E-state index is 12.8. The molecular weight excluding hydrogens is 358 g/mol. The van der Waals surface area contributed by atoms with Crippen molar-refractivity contribution in [3.05, 3.63) is 46.4 Å². The van der Waals surface area contributed by atoms with Crippen LogP contribution < -0.4 is 0 Å². The third kappa shape index (κ3) is 4.37. The summed E-state index contributed by atoms with van der Waals surface area (Å²) in [6.45, 7) is 5.45. The summed E-state index contributed by atoms with van der Waals surface area (Å²) < 4.78 is 76.5. The van der Waals surface area contributed by atoms with Gasteiger partial charge < -0.3 is 0 Å². The van der Waals surface area contributed by atoms with Crippen molar-refractivity contribution in [2.45, 2.75) is 33.1 Å². The molecule has 0 aliphatic heterocycles. The van der Waals surface area contributed by atoms with Crippen LogP contribution in [-0.4, -0.2) is 9.97 Å². The molecule has 2 rings (SSSR count). The highest BCUT2D eigenvalue weighted by Gasteiger charge is 2.37. The third-order valence-corrected chi connectivity index (χ3v) is 3.24. The molecule has 1 heterocycles. The first-order chi connectivity index (χ1) is 11.0. The fourth-order valence-corrected chi connectivity index (χ4v) is 2.12. The summed E-state index contributed by atoms with van der Waals surface area (Å²) in [4.78, 5) is 6.64. The highest BCUT2D eigenvalue weighted by molar-refractivity contribution is 6.33. The second-order valence-electron chi connectivity index (χ2n) is 4.41. The van der Waals surface area contributed by atoms with Gasteiger partial charge in [0.2, 0.25) is 0 Å². The molecule has 0 aliphatic rings. The summed E-state index contributed by atoms with van der Waals surface area (Å²) in [5.41, 5.74) is -2.62. The number of hydrogen-bond acceptors (Lipinski definition) is 2. The molecule has 1 aromatic carbocycles. The van der Waals surface area contributed by atoms with Crippen LogP contribution in [0.5, 0.6) is 0 Å². The van der Waals surface area contributed by atoms with Crippen molar-refractivity contribution >= 4 is 11.6 Å². The second kappa shape index (κ2) is 7.38. The molecule has 0 bridgehead atoms. The molecule has 0 saturated carbocycles. The maximum atomic E-state index is 12.8. The molecule has 24 heavy (non-hydrogen) atoms. The first kappa shape index (κ1) is 20.2. The molecule has 0 N–H and O–H groups in total. The van der Waals surface area contributed by atoms with Gasteiger partial charge in [0.25, 0.3) is 0 Å². The zero-order valence-corrected chi connectivity index (χ0v) is 13.6. The summed E-state index contributed by atoms with van der Waals surface area (Å²) in [5, 5.41) is -0.836. The topological polar surface area (TPSA) is 25.8 Å². The van der Waals surface area contributed by atoms with Crippen LogP contribution in [-0.2, 0) is 12.4 Å². The van der Waals surface area contributed by atoms with Gasteiger partial charge in [0.05, 0.1) is 16.3 Å². The summed E-state index contributed by atoms with van der Waals surface area (Å²) in [5.74, 6) is 0. The first-order valence-electron chi connectivity index (χ1n) is 6.77. The Bertz CT molecular complexity index is 710. The molecule has 0 spiro atoms. The third-order valence-electron chi connectivity index (χ3n) is 2.88. The van der Waals surface area contributed by atoms with Crippen molar-refractivity contribution in [2.75, 3.05) is 0 Å². The Labute approximate surface area is 139 Å². The van der Waals surface area contributed by atoms with Crippen LogP contribution in [0.3, 0.4) is 0 Å². The fourth-order valence-electron chi connectivity index (χ4n) is 1.81. The number of aromatic nitrogens is 2. The van der Waals surface area contributed by atoms with Crippen LogP contribution in [0.15, 0.2) is 24.5 Å². The van der Waals surface area contributed by atoms with Crippen LogP contribution in [0.1, 0.15) is 30.7 Å². The van der Waals surface area contributed by atoms with E-state index < -0.39 is 34.3 Å². The van der Waals surface area contributed by atoms with Crippen LogP contribution in [0, 0.1) is 6.92 Å². The predicted molar refractivity (Wildman–Crippen MR) is 78.6 cm³/mol. The van der Waals surface area contributed by atoms with E-state index in [1.165, 1.54) is 6.92 Å². The summed E-state index contributed by atoms with van der Waals surface area (Å²) in [6, 6.07) is 2.69. The van der Waals surface area contributed by atoms with Crippen molar-refractivity contribution < 1.29 is 26.3 Å². The zero-order chi connectivity index (χ0) is 18.7. The molecule has 0 fully saturated rings. The Balaban J connectivity index is 0.00000139. The molecule has 2 nitrogen and oxygen atoms in total. The van der Waals surface area contributed by atoms with Crippen LogP contribution >= 0.6 is 11.6 Å². The molecule has 132 valence electrons. The molecule has 0 aliphatic carbocycles. The van der Waals surface area contributed by atoms with Gasteiger partial charge in [-0.05, 0) is 24.6 Å². The van der Waals surface area contributed by atoms with Crippen molar-refractivity contribution in [1.29, 1.82) is 0 Å². The molecule has 9 heteroatoms. The van der Waals surface area contributed by atoms with Crippen molar-refractivity contribution in [3.8, 4) is 11.3 Å². The van der Waals surface area contributed by atoms with Crippen molar-refractivity contribution in [1.82, 2.24) is 9.97 Å². The first-order valence-corrected chi connectivity index (χ1v) is 7.15. The van der Waals surface area contributed by atoms with Gasteiger partial charge in [-0.2, -0.15) is 26.3 Å². The fraction of sp³-hybridized carbons (Fsp3) is 0.333. The van der Waals surface area contributed by atoms with Gasteiger partial charge in [-0.25, -0.2) is 9.97 Å². The van der Waals surface area contributed by atoms with Crippen LogP contribution in [0.4, 0.5) is 26.3 Å². The smallest absolute Gasteiger partial charge is 0.235 e. The minimum Gasteiger partial charge on any atom is -0.235 e. The number of nitrogens with zero attached hydrogens (tertiary/aromatic N) is 2. The number of rotatable bonds is 1. The SMILES string of the molecule is CC.Cc1ccc(C(F)(F)F)cc1-c1ncnc(C(F)(F)F)c1Cl. The number of aryl methyl sites for hydroxylation is 1. The molecule has 0 unspecified atom stereocenters. The van der Waals surface area contributed by atoms with E-state index in [0.29, 0.717) is 18.0 Å². The molecular formula is C15H13ClF6N2. The number of halogens is 7. The van der Waals surface area contributed by atoms with Gasteiger partial charge in [0, 0.05) is 5.56 Å². The Morgan fingerprint density at radius 1 is 0.917 bits per heavy atom. The van der Waals surface area contributed by atoms with Crippen molar-refractivity contribution in [3.63, 3.8) is 0 Å². The van der Waals surface area contributed by atoms with E-state index in [1.54, 1.807) is 0 Å². The summed E-state index contributed by atoms with van der Waals surface area (Å²) in [7, 11) is 0. The zero-order valence-electron chi connectivity index (χ0n) is 12.8. The van der Waals surface area contributed by atoms with E-state index in [1.807, 2.05) is 13.8 Å².